The standard InChI is InChI=1S/C12H9Cl2N3O/c1-7-2-5-10(17-16-7)12(18)15-11-6-8(13)3-4-9(11)14/h2-6H,1H3,(H,15,18). The van der Waals surface area contributed by atoms with Crippen molar-refractivity contribution in [3.05, 3.63) is 51.8 Å². The van der Waals surface area contributed by atoms with Crippen LogP contribution in [0.15, 0.2) is 30.3 Å². The largest absolute Gasteiger partial charge is 0.319 e. The number of carbonyl (C=O) groups is 1. The molecule has 6 heteroatoms. The number of hydrogen-bond donors (Lipinski definition) is 1. The van der Waals surface area contributed by atoms with Crippen molar-refractivity contribution in [1.82, 2.24) is 10.2 Å². The van der Waals surface area contributed by atoms with E-state index in [9.17, 15) is 4.79 Å². The molecule has 18 heavy (non-hydrogen) atoms. The van der Waals surface area contributed by atoms with Gasteiger partial charge in [0.05, 0.1) is 16.4 Å². The first kappa shape index (κ1) is 12.8. The van der Waals surface area contributed by atoms with Gasteiger partial charge in [0.25, 0.3) is 5.91 Å². The molecule has 1 aromatic carbocycles. The molecule has 0 aliphatic heterocycles. The van der Waals surface area contributed by atoms with Gasteiger partial charge in [-0.15, -0.1) is 5.10 Å². The number of halogens is 2. The van der Waals surface area contributed by atoms with Crippen molar-refractivity contribution >= 4 is 34.8 Å². The van der Waals surface area contributed by atoms with Gasteiger partial charge in [-0.05, 0) is 37.3 Å². The summed E-state index contributed by atoms with van der Waals surface area (Å²) in [5, 5.41) is 11.1. The summed E-state index contributed by atoms with van der Waals surface area (Å²) < 4.78 is 0. The van der Waals surface area contributed by atoms with E-state index in [1.54, 1.807) is 37.3 Å². The molecule has 0 saturated carbocycles. The van der Waals surface area contributed by atoms with Crippen molar-refractivity contribution in [2.24, 2.45) is 0 Å². The lowest BCUT2D eigenvalue weighted by Gasteiger charge is -2.06. The van der Waals surface area contributed by atoms with Crippen molar-refractivity contribution in [1.29, 1.82) is 0 Å². The molecular formula is C12H9Cl2N3O. The molecule has 1 amide bonds. The Labute approximate surface area is 114 Å². The molecule has 1 N–H and O–H groups in total. The Morgan fingerprint density at radius 2 is 1.94 bits per heavy atom. The molecule has 1 heterocycles. The van der Waals surface area contributed by atoms with Crippen molar-refractivity contribution in [2.75, 3.05) is 5.32 Å². The number of hydrogen-bond acceptors (Lipinski definition) is 3. The van der Waals surface area contributed by atoms with Crippen LogP contribution in [0.2, 0.25) is 10.0 Å². The van der Waals surface area contributed by atoms with Crippen molar-refractivity contribution in [2.45, 2.75) is 6.92 Å². The van der Waals surface area contributed by atoms with Crippen molar-refractivity contribution < 1.29 is 4.79 Å². The number of amides is 1. The Morgan fingerprint density at radius 3 is 2.61 bits per heavy atom. The van der Waals surface area contributed by atoms with Gasteiger partial charge in [-0.1, -0.05) is 23.2 Å². The summed E-state index contributed by atoms with van der Waals surface area (Å²) in [6.45, 7) is 1.79. The zero-order chi connectivity index (χ0) is 13.1. The van der Waals surface area contributed by atoms with E-state index in [1.165, 1.54) is 0 Å². The van der Waals surface area contributed by atoms with Crippen LogP contribution in [0.25, 0.3) is 0 Å². The van der Waals surface area contributed by atoms with Gasteiger partial charge in [0.15, 0.2) is 5.69 Å². The Kier molecular flexibility index (Phi) is 3.79. The molecule has 0 unspecified atom stereocenters. The summed E-state index contributed by atoms with van der Waals surface area (Å²) >= 11 is 11.8. The minimum Gasteiger partial charge on any atom is -0.319 e. The molecule has 0 aliphatic rings. The highest BCUT2D eigenvalue weighted by Crippen LogP contribution is 2.25. The Morgan fingerprint density at radius 1 is 1.17 bits per heavy atom. The molecule has 2 rings (SSSR count). The maximum atomic E-state index is 11.9. The second-order valence-electron chi connectivity index (χ2n) is 3.64. The lowest BCUT2D eigenvalue weighted by molar-refractivity contribution is 0.102. The smallest absolute Gasteiger partial charge is 0.276 e. The lowest BCUT2D eigenvalue weighted by Crippen LogP contribution is -2.14. The van der Waals surface area contributed by atoms with Crippen molar-refractivity contribution in [3.8, 4) is 0 Å². The molecule has 0 spiro atoms. The van der Waals surface area contributed by atoms with Gasteiger partial charge in [-0.2, -0.15) is 5.10 Å². The second kappa shape index (κ2) is 5.33. The number of rotatable bonds is 2. The van der Waals surface area contributed by atoms with Gasteiger partial charge < -0.3 is 5.32 Å². The molecule has 0 fully saturated rings. The molecule has 0 aliphatic carbocycles. The Balaban J connectivity index is 2.21. The van der Waals surface area contributed by atoms with Crippen LogP contribution in [-0.2, 0) is 0 Å². The normalized spacial score (nSPS) is 10.2. The predicted molar refractivity (Wildman–Crippen MR) is 71.2 cm³/mol. The number of benzene rings is 1. The summed E-state index contributed by atoms with van der Waals surface area (Å²) in [6, 6.07) is 8.13. The molecule has 0 bridgehead atoms. The molecule has 2 aromatic rings. The van der Waals surface area contributed by atoms with Crippen LogP contribution < -0.4 is 5.32 Å². The van der Waals surface area contributed by atoms with Gasteiger partial charge in [-0.25, -0.2) is 0 Å². The lowest BCUT2D eigenvalue weighted by atomic mass is 10.3. The van der Waals surface area contributed by atoms with Crippen LogP contribution in [-0.4, -0.2) is 16.1 Å². The third kappa shape index (κ3) is 2.97. The number of carbonyl (C=O) groups excluding carboxylic acids is 1. The molecule has 0 atom stereocenters. The van der Waals surface area contributed by atoms with Crippen LogP contribution in [0.1, 0.15) is 16.2 Å². The minimum atomic E-state index is -0.383. The second-order valence-corrected chi connectivity index (χ2v) is 4.48. The van der Waals surface area contributed by atoms with E-state index in [-0.39, 0.29) is 11.6 Å². The number of anilines is 1. The van der Waals surface area contributed by atoms with Crippen LogP contribution >= 0.6 is 23.2 Å². The highest BCUT2D eigenvalue weighted by Gasteiger charge is 2.10. The third-order valence-corrected chi connectivity index (χ3v) is 2.77. The zero-order valence-electron chi connectivity index (χ0n) is 9.45. The SMILES string of the molecule is Cc1ccc(C(=O)Nc2cc(Cl)ccc2Cl)nn1. The van der Waals surface area contributed by atoms with Gasteiger partial charge in [0.2, 0.25) is 0 Å². The monoisotopic (exact) mass is 281 g/mol. The molecular weight excluding hydrogens is 273 g/mol. The van der Waals surface area contributed by atoms with E-state index in [0.29, 0.717) is 15.7 Å². The van der Waals surface area contributed by atoms with E-state index in [0.717, 1.165) is 5.69 Å². The fraction of sp³-hybridized carbons (Fsp3) is 0.0833. The molecule has 0 saturated heterocycles. The Bertz CT molecular complexity index is 584. The van der Waals surface area contributed by atoms with E-state index in [2.05, 4.69) is 15.5 Å². The maximum Gasteiger partial charge on any atom is 0.276 e. The quantitative estimate of drug-likeness (QED) is 0.919. The molecule has 92 valence electrons. The van der Waals surface area contributed by atoms with E-state index >= 15 is 0 Å². The Hall–Kier alpha value is -1.65. The zero-order valence-corrected chi connectivity index (χ0v) is 11.0. The maximum absolute atomic E-state index is 11.9. The first-order chi connectivity index (χ1) is 8.56. The van der Waals surface area contributed by atoms with Crippen molar-refractivity contribution in [3.63, 3.8) is 0 Å². The average molecular weight is 282 g/mol. The third-order valence-electron chi connectivity index (χ3n) is 2.21. The van der Waals surface area contributed by atoms with E-state index in [1.807, 2.05) is 0 Å². The predicted octanol–water partition coefficient (Wildman–Crippen LogP) is 3.34. The minimum absolute atomic E-state index is 0.219. The number of nitrogens with zero attached hydrogens (tertiary/aromatic N) is 2. The van der Waals surface area contributed by atoms with Crippen LogP contribution in [0.4, 0.5) is 5.69 Å². The van der Waals surface area contributed by atoms with E-state index in [4.69, 9.17) is 23.2 Å². The first-order valence-corrected chi connectivity index (χ1v) is 5.88. The van der Waals surface area contributed by atoms with E-state index < -0.39 is 0 Å². The van der Waals surface area contributed by atoms with Crippen LogP contribution in [0.3, 0.4) is 0 Å². The van der Waals surface area contributed by atoms with Gasteiger partial charge in [0, 0.05) is 5.02 Å². The summed E-state index contributed by atoms with van der Waals surface area (Å²) in [4.78, 5) is 11.9. The summed E-state index contributed by atoms with van der Waals surface area (Å²) in [6.07, 6.45) is 0. The summed E-state index contributed by atoms with van der Waals surface area (Å²) in [5.41, 5.74) is 1.40. The van der Waals surface area contributed by atoms with Crippen LogP contribution in [0, 0.1) is 6.92 Å². The number of nitrogens with one attached hydrogen (secondary N) is 1. The summed E-state index contributed by atoms with van der Waals surface area (Å²) in [5.74, 6) is -0.383. The fourth-order valence-electron chi connectivity index (χ4n) is 1.30. The topological polar surface area (TPSA) is 54.9 Å². The molecule has 1 aromatic heterocycles. The fourth-order valence-corrected chi connectivity index (χ4v) is 1.64. The van der Waals surface area contributed by atoms with Gasteiger partial charge in [0.1, 0.15) is 0 Å². The number of aromatic nitrogens is 2. The first-order valence-electron chi connectivity index (χ1n) is 5.13. The van der Waals surface area contributed by atoms with Crippen LogP contribution in [0.5, 0.6) is 0 Å². The van der Waals surface area contributed by atoms with Gasteiger partial charge in [-0.3, -0.25) is 4.79 Å². The average Bonchev–Trinajstić information content (AvgIpc) is 2.34. The molecule has 4 nitrogen and oxygen atoms in total. The summed E-state index contributed by atoms with van der Waals surface area (Å²) in [7, 11) is 0. The number of aryl methyl sites for hydroxylation is 1. The highest BCUT2D eigenvalue weighted by atomic mass is 35.5. The van der Waals surface area contributed by atoms with Gasteiger partial charge >= 0.3 is 0 Å². The highest BCUT2D eigenvalue weighted by molar-refractivity contribution is 6.35. The molecule has 0 radical (unpaired) electrons.